The molecular formula is C24H28N2O10. The monoisotopic (exact) mass is 504 g/mol. The maximum atomic E-state index is 12.5. The molecule has 0 atom stereocenters. The van der Waals surface area contributed by atoms with Crippen molar-refractivity contribution in [3.63, 3.8) is 0 Å². The maximum Gasteiger partial charge on any atom is 0.390 e. The van der Waals surface area contributed by atoms with Crippen molar-refractivity contribution in [2.45, 2.75) is 13.8 Å². The van der Waals surface area contributed by atoms with Crippen LogP contribution in [-0.4, -0.2) is 63.6 Å². The number of hydrogen-bond acceptors (Lipinski definition) is 12. The molecule has 2 aromatic rings. The van der Waals surface area contributed by atoms with Gasteiger partial charge in [-0.1, -0.05) is 24.3 Å². The lowest BCUT2D eigenvalue weighted by Gasteiger charge is -2.12. The van der Waals surface area contributed by atoms with Crippen LogP contribution in [0.2, 0.25) is 0 Å². The van der Waals surface area contributed by atoms with Crippen LogP contribution >= 0.6 is 0 Å². The molecule has 2 aromatic carbocycles. The molecule has 0 saturated heterocycles. The highest BCUT2D eigenvalue weighted by Crippen LogP contribution is 2.21. The summed E-state index contributed by atoms with van der Waals surface area (Å²) in [6.45, 7) is 3.60. The molecule has 12 nitrogen and oxygen atoms in total. The number of ether oxygens (including phenoxy) is 4. The van der Waals surface area contributed by atoms with Crippen LogP contribution in [0.4, 0.5) is 0 Å². The first kappa shape index (κ1) is 28.1. The number of nitrogens with one attached hydrogen (secondary N) is 2. The van der Waals surface area contributed by atoms with Gasteiger partial charge in [0.2, 0.25) is 0 Å². The highest BCUT2D eigenvalue weighted by atomic mass is 17.2. The average Bonchev–Trinajstić information content (AvgIpc) is 2.88. The summed E-state index contributed by atoms with van der Waals surface area (Å²) in [4.78, 5) is 57.1. The highest BCUT2D eigenvalue weighted by Gasteiger charge is 2.20. The number of carbonyl (C=O) groups excluding carboxylic acids is 4. The fourth-order valence-electron chi connectivity index (χ4n) is 2.68. The van der Waals surface area contributed by atoms with Gasteiger partial charge in [0.15, 0.2) is 0 Å². The fraction of sp³-hybridized carbons (Fsp3) is 0.333. The van der Waals surface area contributed by atoms with E-state index in [0.29, 0.717) is 0 Å². The van der Waals surface area contributed by atoms with E-state index in [2.05, 4.69) is 10.6 Å². The van der Waals surface area contributed by atoms with Crippen molar-refractivity contribution in [1.29, 1.82) is 0 Å². The topological polar surface area (TPSA) is 148 Å². The molecule has 0 bridgehead atoms. The van der Waals surface area contributed by atoms with E-state index < -0.39 is 23.9 Å². The molecule has 0 radical (unpaired) electrons. The third-order valence-corrected chi connectivity index (χ3v) is 4.22. The fourth-order valence-corrected chi connectivity index (χ4v) is 2.68. The molecule has 0 saturated carbocycles. The quantitative estimate of drug-likeness (QED) is 0.127. The molecule has 0 aliphatic rings. The number of hydrogen-bond donors (Lipinski definition) is 2. The zero-order valence-electron chi connectivity index (χ0n) is 19.9. The third kappa shape index (κ3) is 9.60. The molecule has 0 aromatic heterocycles. The molecule has 0 spiro atoms. The van der Waals surface area contributed by atoms with Crippen molar-refractivity contribution in [2.24, 2.45) is 0 Å². The van der Waals surface area contributed by atoms with Crippen LogP contribution in [0.1, 0.15) is 34.6 Å². The summed E-state index contributed by atoms with van der Waals surface area (Å²) >= 11 is 0. The maximum absolute atomic E-state index is 12.5. The Bertz CT molecular complexity index is 946. The van der Waals surface area contributed by atoms with E-state index in [1.165, 1.54) is 24.3 Å². The third-order valence-electron chi connectivity index (χ3n) is 4.22. The lowest BCUT2D eigenvalue weighted by Crippen LogP contribution is -2.28. The van der Waals surface area contributed by atoms with E-state index >= 15 is 0 Å². The molecular weight excluding hydrogens is 476 g/mol. The minimum atomic E-state index is -0.973. The summed E-state index contributed by atoms with van der Waals surface area (Å²) in [5.74, 6) is -2.55. The van der Waals surface area contributed by atoms with E-state index in [-0.39, 0.29) is 62.4 Å². The lowest BCUT2D eigenvalue weighted by molar-refractivity contribution is -0.187. The molecule has 0 heterocycles. The van der Waals surface area contributed by atoms with Gasteiger partial charge >= 0.3 is 23.9 Å². The summed E-state index contributed by atoms with van der Waals surface area (Å²) in [5, 5.41) is 5.43. The standard InChI is InChI=1S/C24H28N2O10/c1-3-31-21(27)13-25-15-33-19-11-7-5-9-17(19)23(29)35-36-24(30)18-10-6-8-12-20(18)34-16-26-14-22(28)32-4-2/h5-12,25-26H,3-4,13-16H2,1-2H3. The van der Waals surface area contributed by atoms with E-state index in [1.54, 1.807) is 38.1 Å². The van der Waals surface area contributed by atoms with Crippen molar-refractivity contribution in [1.82, 2.24) is 10.6 Å². The number of carbonyl (C=O) groups is 4. The summed E-state index contributed by atoms with van der Waals surface area (Å²) in [7, 11) is 0. The van der Waals surface area contributed by atoms with Crippen LogP contribution in [0.15, 0.2) is 48.5 Å². The molecule has 0 aliphatic carbocycles. The van der Waals surface area contributed by atoms with Crippen LogP contribution < -0.4 is 20.1 Å². The average molecular weight is 504 g/mol. The van der Waals surface area contributed by atoms with Gasteiger partial charge in [0, 0.05) is 0 Å². The predicted octanol–water partition coefficient (Wildman–Crippen LogP) is 1.59. The molecule has 0 unspecified atom stereocenters. The Hall–Kier alpha value is -4.16. The van der Waals surface area contributed by atoms with Crippen molar-refractivity contribution in [3.8, 4) is 11.5 Å². The molecule has 0 aliphatic heterocycles. The summed E-state index contributed by atoms with van der Waals surface area (Å²) < 4.78 is 20.5. The second-order valence-electron chi connectivity index (χ2n) is 6.77. The highest BCUT2D eigenvalue weighted by molar-refractivity contribution is 5.95. The zero-order chi connectivity index (χ0) is 26.2. The van der Waals surface area contributed by atoms with Crippen LogP contribution in [0.25, 0.3) is 0 Å². The molecule has 2 rings (SSSR count). The first-order chi connectivity index (χ1) is 17.5. The first-order valence-electron chi connectivity index (χ1n) is 11.1. The SMILES string of the molecule is CCOC(=O)CNCOc1ccccc1C(=O)OOC(=O)c1ccccc1OCNCC(=O)OCC. The van der Waals surface area contributed by atoms with Crippen LogP contribution in [0.5, 0.6) is 11.5 Å². The van der Waals surface area contributed by atoms with E-state index in [4.69, 9.17) is 28.7 Å². The Balaban J connectivity index is 1.88. The number of para-hydroxylation sites is 2. The molecule has 36 heavy (non-hydrogen) atoms. The second kappa shape index (κ2) is 15.7. The van der Waals surface area contributed by atoms with E-state index in [1.807, 2.05) is 0 Å². The Kier molecular flexibility index (Phi) is 12.2. The van der Waals surface area contributed by atoms with E-state index in [9.17, 15) is 19.2 Å². The molecule has 0 fully saturated rings. The smallest absolute Gasteiger partial charge is 0.390 e. The van der Waals surface area contributed by atoms with Gasteiger partial charge in [0.25, 0.3) is 0 Å². The number of esters is 2. The van der Waals surface area contributed by atoms with Gasteiger partial charge in [-0.2, -0.15) is 0 Å². The number of benzene rings is 2. The van der Waals surface area contributed by atoms with Crippen molar-refractivity contribution < 1.29 is 47.9 Å². The second-order valence-corrected chi connectivity index (χ2v) is 6.77. The van der Waals surface area contributed by atoms with Crippen molar-refractivity contribution >= 4 is 23.9 Å². The minimum Gasteiger partial charge on any atom is -0.477 e. The van der Waals surface area contributed by atoms with Crippen LogP contribution in [0.3, 0.4) is 0 Å². The predicted molar refractivity (Wildman–Crippen MR) is 124 cm³/mol. The Morgan fingerprint density at radius 2 is 1.03 bits per heavy atom. The normalized spacial score (nSPS) is 10.2. The van der Waals surface area contributed by atoms with Crippen LogP contribution in [-0.2, 0) is 28.8 Å². The molecule has 0 amide bonds. The van der Waals surface area contributed by atoms with Gasteiger partial charge < -0.3 is 18.9 Å². The zero-order valence-corrected chi connectivity index (χ0v) is 19.9. The van der Waals surface area contributed by atoms with E-state index in [0.717, 1.165) is 0 Å². The summed E-state index contributed by atoms with van der Waals surface area (Å²) in [6, 6.07) is 12.3. The molecule has 194 valence electrons. The van der Waals surface area contributed by atoms with Crippen LogP contribution in [0, 0.1) is 0 Å². The Labute approximate surface area is 207 Å². The Morgan fingerprint density at radius 1 is 0.639 bits per heavy atom. The first-order valence-corrected chi connectivity index (χ1v) is 11.1. The number of rotatable bonds is 14. The Morgan fingerprint density at radius 3 is 1.42 bits per heavy atom. The van der Waals surface area contributed by atoms with Gasteiger partial charge in [-0.15, -0.1) is 0 Å². The van der Waals surface area contributed by atoms with Gasteiger partial charge in [-0.25, -0.2) is 19.4 Å². The lowest BCUT2D eigenvalue weighted by atomic mass is 10.2. The largest absolute Gasteiger partial charge is 0.477 e. The minimum absolute atomic E-state index is 0.00376. The summed E-state index contributed by atoms with van der Waals surface area (Å²) in [5.41, 5.74) is -0.00753. The van der Waals surface area contributed by atoms with Crippen molar-refractivity contribution in [3.05, 3.63) is 59.7 Å². The van der Waals surface area contributed by atoms with Gasteiger partial charge in [-0.3, -0.25) is 20.2 Å². The van der Waals surface area contributed by atoms with Gasteiger partial charge in [-0.05, 0) is 38.1 Å². The van der Waals surface area contributed by atoms with Gasteiger partial charge in [0.1, 0.15) is 36.1 Å². The van der Waals surface area contributed by atoms with Gasteiger partial charge in [0.05, 0.1) is 26.3 Å². The molecule has 2 N–H and O–H groups in total. The molecule has 12 heteroatoms. The summed E-state index contributed by atoms with van der Waals surface area (Å²) in [6.07, 6.45) is 0. The van der Waals surface area contributed by atoms with Crippen molar-refractivity contribution in [2.75, 3.05) is 39.8 Å².